The van der Waals surface area contributed by atoms with E-state index in [1.807, 2.05) is 0 Å². The Labute approximate surface area is 132 Å². The third-order valence-corrected chi connectivity index (χ3v) is 3.53. The molecule has 0 atom stereocenters. The largest absolute Gasteiger partial charge is 0.360 e. The number of benzene rings is 1. The van der Waals surface area contributed by atoms with Gasteiger partial charge in [0.2, 0.25) is 5.91 Å². The molecule has 23 heavy (non-hydrogen) atoms. The molecule has 0 bridgehead atoms. The van der Waals surface area contributed by atoms with Crippen molar-refractivity contribution in [3.05, 3.63) is 47.5 Å². The van der Waals surface area contributed by atoms with Crippen molar-refractivity contribution in [1.29, 1.82) is 0 Å². The van der Waals surface area contributed by atoms with Crippen molar-refractivity contribution in [3.8, 4) is 0 Å². The number of aromatic nitrogens is 1. The van der Waals surface area contributed by atoms with Crippen LogP contribution >= 0.6 is 0 Å². The second kappa shape index (κ2) is 6.20. The zero-order valence-corrected chi connectivity index (χ0v) is 12.6. The molecule has 1 aromatic heterocycles. The number of aryl methyl sites for hydroxylation is 1. The van der Waals surface area contributed by atoms with Crippen LogP contribution < -0.4 is 5.32 Å². The Balaban J connectivity index is 1.69. The SMILES string of the molecule is Cc1cc(NC(=O)CN(C(=O)c2cccc(F)c2)C2CC2)no1. The summed E-state index contributed by atoms with van der Waals surface area (Å²) in [7, 11) is 0. The first kappa shape index (κ1) is 15.2. The number of nitrogens with one attached hydrogen (secondary N) is 1. The van der Waals surface area contributed by atoms with Crippen LogP contribution in [0, 0.1) is 12.7 Å². The van der Waals surface area contributed by atoms with Gasteiger partial charge in [-0.15, -0.1) is 0 Å². The standard InChI is InChI=1S/C16H16FN3O3/c1-10-7-14(19-23-10)18-15(21)9-20(13-5-6-13)16(22)11-3-2-4-12(17)8-11/h2-4,7-8,13H,5-6,9H2,1H3,(H,18,19,21). The van der Waals surface area contributed by atoms with Crippen LogP contribution in [-0.2, 0) is 4.79 Å². The van der Waals surface area contributed by atoms with Crippen LogP contribution in [0.5, 0.6) is 0 Å². The van der Waals surface area contributed by atoms with Gasteiger partial charge in [0.1, 0.15) is 18.1 Å². The van der Waals surface area contributed by atoms with Gasteiger partial charge >= 0.3 is 0 Å². The summed E-state index contributed by atoms with van der Waals surface area (Å²) in [6.45, 7) is 1.61. The van der Waals surface area contributed by atoms with E-state index in [1.54, 1.807) is 19.1 Å². The van der Waals surface area contributed by atoms with Crippen LogP contribution in [-0.4, -0.2) is 34.5 Å². The molecule has 120 valence electrons. The van der Waals surface area contributed by atoms with Gasteiger partial charge in [0.05, 0.1) is 0 Å². The molecule has 1 aromatic carbocycles. The van der Waals surface area contributed by atoms with Gasteiger partial charge in [-0.1, -0.05) is 11.2 Å². The van der Waals surface area contributed by atoms with Crippen LogP contribution in [0.25, 0.3) is 0 Å². The molecule has 6 nitrogen and oxygen atoms in total. The maximum absolute atomic E-state index is 13.3. The second-order valence-electron chi connectivity index (χ2n) is 5.55. The zero-order chi connectivity index (χ0) is 16.4. The lowest BCUT2D eigenvalue weighted by Gasteiger charge is -2.21. The van der Waals surface area contributed by atoms with Crippen LogP contribution in [0.2, 0.25) is 0 Å². The average molecular weight is 317 g/mol. The second-order valence-corrected chi connectivity index (χ2v) is 5.55. The third-order valence-electron chi connectivity index (χ3n) is 3.53. The topological polar surface area (TPSA) is 75.4 Å². The lowest BCUT2D eigenvalue weighted by atomic mass is 10.2. The lowest BCUT2D eigenvalue weighted by Crippen LogP contribution is -2.39. The van der Waals surface area contributed by atoms with E-state index in [0.29, 0.717) is 11.6 Å². The molecule has 0 radical (unpaired) electrons. The normalized spacial score (nSPS) is 13.7. The monoisotopic (exact) mass is 317 g/mol. The summed E-state index contributed by atoms with van der Waals surface area (Å²) in [5.74, 6) is -0.306. The first-order chi connectivity index (χ1) is 11.0. The van der Waals surface area contributed by atoms with Gasteiger partial charge in [0.15, 0.2) is 5.82 Å². The molecule has 0 aliphatic heterocycles. The van der Waals surface area contributed by atoms with Gasteiger partial charge in [0.25, 0.3) is 5.91 Å². The fourth-order valence-corrected chi connectivity index (χ4v) is 2.30. The Bertz CT molecular complexity index is 740. The molecule has 1 heterocycles. The lowest BCUT2D eigenvalue weighted by molar-refractivity contribution is -0.117. The Morgan fingerprint density at radius 1 is 1.39 bits per heavy atom. The summed E-state index contributed by atoms with van der Waals surface area (Å²) in [5.41, 5.74) is 0.238. The van der Waals surface area contributed by atoms with Crippen LogP contribution in [0.3, 0.4) is 0 Å². The molecule has 7 heteroatoms. The summed E-state index contributed by atoms with van der Waals surface area (Å²) < 4.78 is 18.2. The molecule has 1 aliphatic rings. The van der Waals surface area contributed by atoms with E-state index in [2.05, 4.69) is 10.5 Å². The molecule has 1 N–H and O–H groups in total. The fraction of sp³-hybridized carbons (Fsp3) is 0.312. The smallest absolute Gasteiger partial charge is 0.254 e. The van der Waals surface area contributed by atoms with E-state index < -0.39 is 5.82 Å². The van der Waals surface area contributed by atoms with Gasteiger partial charge < -0.3 is 14.7 Å². The van der Waals surface area contributed by atoms with Gasteiger partial charge in [-0.3, -0.25) is 9.59 Å². The molecule has 1 aliphatic carbocycles. The predicted molar refractivity (Wildman–Crippen MR) is 80.3 cm³/mol. The van der Waals surface area contributed by atoms with E-state index in [4.69, 9.17) is 4.52 Å². The number of hydrogen-bond donors (Lipinski definition) is 1. The molecular formula is C16H16FN3O3. The Morgan fingerprint density at radius 3 is 2.78 bits per heavy atom. The first-order valence-corrected chi connectivity index (χ1v) is 7.32. The number of nitrogens with zero attached hydrogens (tertiary/aromatic N) is 2. The highest BCUT2D eigenvalue weighted by Crippen LogP contribution is 2.28. The average Bonchev–Trinajstić information content (AvgIpc) is 3.27. The summed E-state index contributed by atoms with van der Waals surface area (Å²) in [5, 5.41) is 6.26. The van der Waals surface area contributed by atoms with E-state index in [9.17, 15) is 14.0 Å². The van der Waals surface area contributed by atoms with E-state index in [1.165, 1.54) is 23.1 Å². The minimum absolute atomic E-state index is 0.0237. The van der Waals surface area contributed by atoms with Crippen molar-refractivity contribution in [1.82, 2.24) is 10.1 Å². The maximum atomic E-state index is 13.3. The molecule has 1 saturated carbocycles. The Morgan fingerprint density at radius 2 is 2.17 bits per heavy atom. The Hall–Kier alpha value is -2.70. The van der Waals surface area contributed by atoms with Gasteiger partial charge in [-0.05, 0) is 38.0 Å². The summed E-state index contributed by atoms with van der Waals surface area (Å²) in [4.78, 5) is 26.1. The molecule has 0 saturated heterocycles. The molecule has 2 amide bonds. The molecular weight excluding hydrogens is 301 g/mol. The minimum atomic E-state index is -0.478. The summed E-state index contributed by atoms with van der Waals surface area (Å²) in [6, 6.07) is 7.09. The van der Waals surface area contributed by atoms with Crippen LogP contribution in [0.1, 0.15) is 29.0 Å². The highest BCUT2D eigenvalue weighted by molar-refractivity contribution is 5.99. The Kier molecular flexibility index (Phi) is 4.10. The summed E-state index contributed by atoms with van der Waals surface area (Å²) in [6.07, 6.45) is 1.69. The minimum Gasteiger partial charge on any atom is -0.360 e. The first-order valence-electron chi connectivity index (χ1n) is 7.32. The third kappa shape index (κ3) is 3.74. The molecule has 2 aromatic rings. The van der Waals surface area contributed by atoms with Crippen LogP contribution in [0.4, 0.5) is 10.2 Å². The number of anilines is 1. The number of halogens is 1. The van der Waals surface area contributed by atoms with Crippen molar-refractivity contribution in [2.45, 2.75) is 25.8 Å². The molecule has 0 spiro atoms. The molecule has 0 unspecified atom stereocenters. The number of amides is 2. The van der Waals surface area contributed by atoms with E-state index in [0.717, 1.165) is 12.8 Å². The number of hydrogen-bond acceptors (Lipinski definition) is 4. The van der Waals surface area contributed by atoms with Crippen molar-refractivity contribution in [3.63, 3.8) is 0 Å². The highest BCUT2D eigenvalue weighted by atomic mass is 19.1. The molecule has 3 rings (SSSR count). The van der Waals surface area contributed by atoms with Gasteiger partial charge in [-0.2, -0.15) is 0 Å². The highest BCUT2D eigenvalue weighted by Gasteiger charge is 2.34. The number of carbonyl (C=O) groups is 2. The maximum Gasteiger partial charge on any atom is 0.254 e. The van der Waals surface area contributed by atoms with Crippen molar-refractivity contribution >= 4 is 17.6 Å². The van der Waals surface area contributed by atoms with Crippen molar-refractivity contribution < 1.29 is 18.5 Å². The number of carbonyl (C=O) groups excluding carboxylic acids is 2. The van der Waals surface area contributed by atoms with E-state index >= 15 is 0 Å². The van der Waals surface area contributed by atoms with Crippen molar-refractivity contribution in [2.75, 3.05) is 11.9 Å². The van der Waals surface area contributed by atoms with Gasteiger partial charge in [0, 0.05) is 17.7 Å². The fourth-order valence-electron chi connectivity index (χ4n) is 2.30. The molecule has 1 fully saturated rings. The quantitative estimate of drug-likeness (QED) is 0.918. The van der Waals surface area contributed by atoms with Gasteiger partial charge in [-0.25, -0.2) is 4.39 Å². The van der Waals surface area contributed by atoms with Crippen molar-refractivity contribution in [2.24, 2.45) is 0 Å². The predicted octanol–water partition coefficient (Wildman–Crippen LogP) is 2.37. The zero-order valence-electron chi connectivity index (χ0n) is 12.6. The van der Waals surface area contributed by atoms with Crippen LogP contribution in [0.15, 0.2) is 34.9 Å². The number of rotatable bonds is 5. The van der Waals surface area contributed by atoms with E-state index in [-0.39, 0.29) is 30.0 Å². The summed E-state index contributed by atoms with van der Waals surface area (Å²) >= 11 is 0.